The number of carbonyl (C=O) groups is 1. The number of fused-ring (bicyclic) bond motifs is 1. The van der Waals surface area contributed by atoms with E-state index in [9.17, 15) is 4.79 Å². The number of para-hydroxylation sites is 1. The first kappa shape index (κ1) is 15.2. The molecule has 2 fully saturated rings. The van der Waals surface area contributed by atoms with Crippen molar-refractivity contribution in [2.24, 2.45) is 0 Å². The van der Waals surface area contributed by atoms with Gasteiger partial charge in [0.1, 0.15) is 11.4 Å². The van der Waals surface area contributed by atoms with E-state index in [1.807, 2.05) is 45.9 Å². The summed E-state index contributed by atoms with van der Waals surface area (Å²) in [4.78, 5) is 12.6. The molecule has 1 saturated heterocycles. The van der Waals surface area contributed by atoms with E-state index in [0.717, 1.165) is 24.7 Å². The SMILES string of the molecule is CC1(C)OB(c2cccc3c2OC2(CCC2)CC3=O)OC1(C)C. The maximum absolute atomic E-state index is 12.6. The van der Waals surface area contributed by atoms with Gasteiger partial charge in [-0.15, -0.1) is 0 Å². The lowest BCUT2D eigenvalue weighted by molar-refractivity contribution is -0.0170. The van der Waals surface area contributed by atoms with Crippen LogP contribution in [0.4, 0.5) is 0 Å². The van der Waals surface area contributed by atoms with Crippen molar-refractivity contribution in [2.75, 3.05) is 0 Å². The quantitative estimate of drug-likeness (QED) is 0.748. The van der Waals surface area contributed by atoms with Crippen molar-refractivity contribution in [3.8, 4) is 5.75 Å². The van der Waals surface area contributed by atoms with Crippen LogP contribution in [0.15, 0.2) is 18.2 Å². The Bertz CT molecular complexity index is 660. The van der Waals surface area contributed by atoms with Gasteiger partial charge in [0.25, 0.3) is 0 Å². The van der Waals surface area contributed by atoms with Gasteiger partial charge in [0.15, 0.2) is 5.78 Å². The Hall–Kier alpha value is -1.33. The van der Waals surface area contributed by atoms with Gasteiger partial charge in [0.05, 0.1) is 23.2 Å². The van der Waals surface area contributed by atoms with Gasteiger partial charge in [0.2, 0.25) is 0 Å². The smallest absolute Gasteiger partial charge is 0.486 e. The second-order valence-corrected chi connectivity index (χ2v) is 8.05. The molecule has 2 heterocycles. The Morgan fingerprint density at radius 3 is 2.26 bits per heavy atom. The number of hydrogen-bond acceptors (Lipinski definition) is 4. The van der Waals surface area contributed by atoms with E-state index >= 15 is 0 Å². The maximum atomic E-state index is 12.6. The number of carbonyl (C=O) groups excluding carboxylic acids is 1. The second kappa shape index (κ2) is 4.61. The summed E-state index contributed by atoms with van der Waals surface area (Å²) in [5, 5.41) is 0. The highest BCUT2D eigenvalue weighted by molar-refractivity contribution is 6.63. The fourth-order valence-corrected chi connectivity index (χ4v) is 3.53. The molecule has 1 saturated carbocycles. The van der Waals surface area contributed by atoms with Gasteiger partial charge in [0, 0.05) is 5.46 Å². The average molecular weight is 314 g/mol. The van der Waals surface area contributed by atoms with Gasteiger partial charge >= 0.3 is 7.12 Å². The van der Waals surface area contributed by atoms with Crippen LogP contribution in [-0.2, 0) is 9.31 Å². The number of ether oxygens (including phenoxy) is 1. The van der Waals surface area contributed by atoms with Gasteiger partial charge in [-0.2, -0.15) is 0 Å². The number of hydrogen-bond donors (Lipinski definition) is 0. The van der Waals surface area contributed by atoms with Crippen molar-refractivity contribution in [3.05, 3.63) is 23.8 Å². The van der Waals surface area contributed by atoms with E-state index < -0.39 is 18.3 Å². The fourth-order valence-electron chi connectivity index (χ4n) is 3.53. The van der Waals surface area contributed by atoms with Crippen molar-refractivity contribution < 1.29 is 18.8 Å². The molecule has 0 bridgehead atoms. The Balaban J connectivity index is 1.75. The summed E-state index contributed by atoms with van der Waals surface area (Å²) in [6.45, 7) is 8.12. The van der Waals surface area contributed by atoms with Crippen LogP contribution in [0.25, 0.3) is 0 Å². The molecule has 3 aliphatic rings. The van der Waals surface area contributed by atoms with Crippen LogP contribution in [0.1, 0.15) is 63.7 Å². The largest absolute Gasteiger partial charge is 0.498 e. The zero-order valence-corrected chi connectivity index (χ0v) is 14.3. The van der Waals surface area contributed by atoms with Crippen molar-refractivity contribution >= 4 is 18.4 Å². The first-order valence-electron chi connectivity index (χ1n) is 8.44. The zero-order chi connectivity index (χ0) is 16.5. The molecule has 122 valence electrons. The average Bonchev–Trinajstić information content (AvgIpc) is 2.65. The number of benzene rings is 1. The summed E-state index contributed by atoms with van der Waals surface area (Å²) < 4.78 is 18.6. The van der Waals surface area contributed by atoms with Gasteiger partial charge in [-0.25, -0.2) is 0 Å². The molecular weight excluding hydrogens is 291 g/mol. The van der Waals surface area contributed by atoms with Crippen LogP contribution < -0.4 is 10.2 Å². The third-order valence-electron chi connectivity index (χ3n) is 5.92. The first-order valence-corrected chi connectivity index (χ1v) is 8.44. The number of rotatable bonds is 1. The number of ketones is 1. The van der Waals surface area contributed by atoms with Crippen molar-refractivity contribution in [2.45, 2.75) is 70.2 Å². The molecule has 4 nitrogen and oxygen atoms in total. The van der Waals surface area contributed by atoms with Gasteiger partial charge < -0.3 is 14.0 Å². The summed E-state index contributed by atoms with van der Waals surface area (Å²) in [7, 11) is -0.502. The Kier molecular flexibility index (Phi) is 3.05. The summed E-state index contributed by atoms with van der Waals surface area (Å²) in [6, 6.07) is 5.68. The van der Waals surface area contributed by atoms with Crippen molar-refractivity contribution in [3.63, 3.8) is 0 Å². The van der Waals surface area contributed by atoms with Crippen molar-refractivity contribution in [1.82, 2.24) is 0 Å². The van der Waals surface area contributed by atoms with Gasteiger partial charge in [-0.05, 0) is 53.0 Å². The van der Waals surface area contributed by atoms with Crippen LogP contribution in [-0.4, -0.2) is 29.7 Å². The summed E-state index contributed by atoms with van der Waals surface area (Å²) in [6.07, 6.45) is 3.53. The van der Waals surface area contributed by atoms with Crippen LogP contribution in [0.3, 0.4) is 0 Å². The highest BCUT2D eigenvalue weighted by atomic mass is 16.7. The van der Waals surface area contributed by atoms with Crippen LogP contribution >= 0.6 is 0 Å². The summed E-state index contributed by atoms with van der Waals surface area (Å²) in [5.41, 5.74) is 0.389. The van der Waals surface area contributed by atoms with E-state index in [1.165, 1.54) is 0 Å². The fraction of sp³-hybridized carbons (Fsp3) is 0.611. The molecule has 0 radical (unpaired) electrons. The maximum Gasteiger partial charge on any atom is 0.498 e. The molecule has 1 aromatic rings. The number of Topliss-reactive ketones (excluding diaryl/α,β-unsaturated/α-hetero) is 1. The molecule has 0 N–H and O–H groups in total. The molecule has 1 aromatic carbocycles. The van der Waals surface area contributed by atoms with Crippen LogP contribution in [0, 0.1) is 0 Å². The van der Waals surface area contributed by atoms with Gasteiger partial charge in [-0.3, -0.25) is 4.79 Å². The predicted octanol–water partition coefficient (Wildman–Crippen LogP) is 2.87. The molecule has 5 heteroatoms. The highest BCUT2D eigenvalue weighted by Gasteiger charge is 2.54. The standard InChI is InChI=1S/C18H23BO4/c1-16(2)17(3,4)23-19(22-16)13-8-5-7-12-14(20)11-18(9-6-10-18)21-15(12)13/h5,7-8H,6,9-11H2,1-4H3. The van der Waals surface area contributed by atoms with E-state index in [0.29, 0.717) is 17.7 Å². The topological polar surface area (TPSA) is 44.8 Å². The minimum atomic E-state index is -0.502. The molecule has 1 aliphatic carbocycles. The van der Waals surface area contributed by atoms with Crippen molar-refractivity contribution in [1.29, 1.82) is 0 Å². The highest BCUT2D eigenvalue weighted by Crippen LogP contribution is 2.45. The molecular formula is C18H23BO4. The second-order valence-electron chi connectivity index (χ2n) is 8.05. The molecule has 0 atom stereocenters. The molecule has 0 amide bonds. The Morgan fingerprint density at radius 1 is 1.04 bits per heavy atom. The van der Waals surface area contributed by atoms with E-state index in [2.05, 4.69) is 0 Å². The third-order valence-corrected chi connectivity index (χ3v) is 5.92. The lowest BCUT2D eigenvalue weighted by atomic mass is 9.71. The predicted molar refractivity (Wildman–Crippen MR) is 88.3 cm³/mol. The molecule has 1 spiro atoms. The van der Waals surface area contributed by atoms with E-state index in [-0.39, 0.29) is 11.4 Å². The Labute approximate surface area is 137 Å². The van der Waals surface area contributed by atoms with E-state index in [4.69, 9.17) is 14.0 Å². The van der Waals surface area contributed by atoms with E-state index in [1.54, 1.807) is 0 Å². The monoisotopic (exact) mass is 314 g/mol. The molecule has 4 rings (SSSR count). The normalized spacial score (nSPS) is 26.6. The first-order chi connectivity index (χ1) is 10.7. The molecule has 0 aromatic heterocycles. The van der Waals surface area contributed by atoms with Gasteiger partial charge in [-0.1, -0.05) is 12.1 Å². The lowest BCUT2D eigenvalue weighted by Gasteiger charge is -2.45. The summed E-state index contributed by atoms with van der Waals surface area (Å²) >= 11 is 0. The Morgan fingerprint density at radius 2 is 1.70 bits per heavy atom. The molecule has 0 unspecified atom stereocenters. The third kappa shape index (κ3) is 2.17. The summed E-state index contributed by atoms with van der Waals surface area (Å²) in [5.74, 6) is 0.839. The van der Waals surface area contributed by atoms with Crippen LogP contribution in [0.2, 0.25) is 0 Å². The molecule has 23 heavy (non-hydrogen) atoms. The lowest BCUT2D eigenvalue weighted by Crippen LogP contribution is -2.50. The zero-order valence-electron chi connectivity index (χ0n) is 14.3. The van der Waals surface area contributed by atoms with Crippen LogP contribution in [0.5, 0.6) is 5.75 Å². The minimum absolute atomic E-state index is 0.171. The molecule has 2 aliphatic heterocycles. The minimum Gasteiger partial charge on any atom is -0.486 e.